The molecule has 2 rings (SSSR count). The van der Waals surface area contributed by atoms with E-state index < -0.39 is 0 Å². The Hall–Kier alpha value is -1.14. The van der Waals surface area contributed by atoms with Crippen LogP contribution in [0.4, 0.5) is 5.13 Å². The summed E-state index contributed by atoms with van der Waals surface area (Å²) in [4.78, 5) is 18.6. The van der Waals surface area contributed by atoms with E-state index in [2.05, 4.69) is 16.8 Å². The average molecular weight is 284 g/mol. The lowest BCUT2D eigenvalue weighted by atomic mass is 10.2. The van der Waals surface area contributed by atoms with Gasteiger partial charge in [0.25, 0.3) is 0 Å². The Balaban J connectivity index is 2.12. The van der Waals surface area contributed by atoms with Gasteiger partial charge < -0.3 is 14.4 Å². The highest BCUT2D eigenvalue weighted by Crippen LogP contribution is 2.37. The van der Waals surface area contributed by atoms with Crippen molar-refractivity contribution in [3.63, 3.8) is 0 Å². The van der Waals surface area contributed by atoms with Crippen molar-refractivity contribution in [3.05, 3.63) is 11.1 Å². The number of methoxy groups -OCH3 is 2. The molecule has 1 atom stereocenters. The zero-order valence-corrected chi connectivity index (χ0v) is 12.4. The van der Waals surface area contributed by atoms with Crippen LogP contribution in [0.3, 0.4) is 0 Å². The molecule has 0 amide bonds. The number of hydrogen-bond acceptors (Lipinski definition) is 6. The second-order valence-electron chi connectivity index (χ2n) is 4.76. The van der Waals surface area contributed by atoms with E-state index >= 15 is 0 Å². The van der Waals surface area contributed by atoms with Crippen LogP contribution in [0, 0.1) is 5.92 Å². The first-order chi connectivity index (χ1) is 9.17. The van der Waals surface area contributed by atoms with E-state index in [-0.39, 0.29) is 5.97 Å². The van der Waals surface area contributed by atoms with Gasteiger partial charge in [-0.25, -0.2) is 9.78 Å². The molecule has 0 saturated heterocycles. The van der Waals surface area contributed by atoms with Crippen molar-refractivity contribution >= 4 is 22.4 Å². The summed E-state index contributed by atoms with van der Waals surface area (Å²) in [7, 11) is 3.08. The fourth-order valence-corrected chi connectivity index (χ4v) is 3.04. The molecular formula is C13H20N2O3S. The van der Waals surface area contributed by atoms with Gasteiger partial charge in [0.1, 0.15) is 4.88 Å². The maximum absolute atomic E-state index is 11.5. The number of carbonyl (C=O) groups excluding carboxylic acids is 1. The van der Waals surface area contributed by atoms with Gasteiger partial charge in [-0.2, -0.15) is 0 Å². The minimum Gasteiger partial charge on any atom is -0.465 e. The molecule has 0 radical (unpaired) electrons. The molecule has 1 unspecified atom stereocenters. The van der Waals surface area contributed by atoms with Gasteiger partial charge in [0.05, 0.1) is 19.9 Å². The van der Waals surface area contributed by atoms with Crippen molar-refractivity contribution in [2.24, 2.45) is 5.92 Å². The third-order valence-corrected chi connectivity index (χ3v) is 4.47. The molecule has 1 aromatic heterocycles. The molecule has 5 nitrogen and oxygen atoms in total. The van der Waals surface area contributed by atoms with Crippen molar-refractivity contribution in [2.45, 2.75) is 25.8 Å². The van der Waals surface area contributed by atoms with Crippen LogP contribution in [0.2, 0.25) is 0 Å². The maximum atomic E-state index is 11.5. The van der Waals surface area contributed by atoms with Crippen LogP contribution in [-0.4, -0.2) is 44.4 Å². The molecular weight excluding hydrogens is 264 g/mol. The molecule has 0 aliphatic heterocycles. The molecule has 6 heteroatoms. The minimum absolute atomic E-state index is 0.325. The highest BCUT2D eigenvalue weighted by Gasteiger charge is 2.33. The summed E-state index contributed by atoms with van der Waals surface area (Å²) in [5, 5.41) is 0.872. The van der Waals surface area contributed by atoms with Crippen LogP contribution >= 0.6 is 11.3 Å². The van der Waals surface area contributed by atoms with Crippen molar-refractivity contribution in [1.29, 1.82) is 0 Å². The number of thiazole rings is 1. The number of rotatable bonds is 7. The molecule has 1 aliphatic carbocycles. The fourth-order valence-electron chi connectivity index (χ4n) is 2.09. The first kappa shape index (κ1) is 14.3. The summed E-state index contributed by atoms with van der Waals surface area (Å²) in [6.07, 6.45) is 4.14. The van der Waals surface area contributed by atoms with Crippen LogP contribution in [0.1, 0.15) is 29.4 Å². The highest BCUT2D eigenvalue weighted by atomic mass is 32.1. The smallest absolute Gasteiger partial charge is 0.349 e. The number of aromatic nitrogens is 1. The number of nitrogens with zero attached hydrogens (tertiary/aromatic N) is 2. The van der Waals surface area contributed by atoms with Crippen LogP contribution in [0.25, 0.3) is 0 Å². The van der Waals surface area contributed by atoms with Crippen LogP contribution in [-0.2, 0) is 9.47 Å². The summed E-state index contributed by atoms with van der Waals surface area (Å²) in [5.41, 5.74) is 0. The maximum Gasteiger partial charge on any atom is 0.349 e. The fraction of sp³-hybridized carbons (Fsp3) is 0.692. The largest absolute Gasteiger partial charge is 0.465 e. The predicted molar refractivity (Wildman–Crippen MR) is 74.9 cm³/mol. The quantitative estimate of drug-likeness (QED) is 0.718. The molecule has 1 aliphatic rings. The van der Waals surface area contributed by atoms with Gasteiger partial charge in [0.15, 0.2) is 5.13 Å². The molecule has 0 N–H and O–H groups in total. The topological polar surface area (TPSA) is 51.7 Å². The third kappa shape index (κ3) is 3.45. The molecule has 0 bridgehead atoms. The van der Waals surface area contributed by atoms with E-state index in [0.717, 1.165) is 17.6 Å². The Morgan fingerprint density at radius 1 is 1.58 bits per heavy atom. The lowest BCUT2D eigenvalue weighted by Gasteiger charge is -2.28. The monoisotopic (exact) mass is 284 g/mol. The molecule has 0 spiro atoms. The van der Waals surface area contributed by atoms with Gasteiger partial charge in [-0.1, -0.05) is 11.3 Å². The molecule has 1 heterocycles. The number of esters is 1. The summed E-state index contributed by atoms with van der Waals surface area (Å²) < 4.78 is 9.88. The molecule has 19 heavy (non-hydrogen) atoms. The van der Waals surface area contributed by atoms with Crippen molar-refractivity contribution in [3.8, 4) is 0 Å². The van der Waals surface area contributed by atoms with E-state index in [1.165, 1.54) is 31.3 Å². The Kier molecular flexibility index (Phi) is 4.76. The van der Waals surface area contributed by atoms with E-state index in [0.29, 0.717) is 17.5 Å². The number of ether oxygens (including phenoxy) is 2. The first-order valence-corrected chi connectivity index (χ1v) is 7.28. The predicted octanol–water partition coefficient (Wildman–Crippen LogP) is 2.18. The van der Waals surface area contributed by atoms with E-state index in [1.54, 1.807) is 13.3 Å². The number of anilines is 1. The second kappa shape index (κ2) is 6.34. The molecule has 1 aromatic rings. The van der Waals surface area contributed by atoms with Gasteiger partial charge in [-0.05, 0) is 25.7 Å². The summed E-state index contributed by atoms with van der Waals surface area (Å²) in [6.45, 7) is 3.67. The number of hydrogen-bond donors (Lipinski definition) is 0. The average Bonchev–Trinajstić information content (AvgIpc) is 3.17. The van der Waals surface area contributed by atoms with Gasteiger partial charge in [0.2, 0.25) is 0 Å². The van der Waals surface area contributed by atoms with E-state index in [4.69, 9.17) is 9.47 Å². The Morgan fingerprint density at radius 2 is 2.32 bits per heavy atom. The van der Waals surface area contributed by atoms with Crippen LogP contribution in [0.15, 0.2) is 6.20 Å². The van der Waals surface area contributed by atoms with E-state index in [9.17, 15) is 4.79 Å². The van der Waals surface area contributed by atoms with Crippen molar-refractivity contribution in [1.82, 2.24) is 4.98 Å². The van der Waals surface area contributed by atoms with Gasteiger partial charge >= 0.3 is 5.97 Å². The van der Waals surface area contributed by atoms with Gasteiger partial charge in [0, 0.05) is 19.7 Å². The zero-order chi connectivity index (χ0) is 13.8. The zero-order valence-electron chi connectivity index (χ0n) is 11.6. The summed E-state index contributed by atoms with van der Waals surface area (Å²) in [6, 6.07) is 0.437. The van der Waals surface area contributed by atoms with E-state index in [1.807, 2.05) is 0 Å². The standard InChI is InChI=1S/C13H20N2O3S/c1-9(10-4-5-10)15(6-7-17-2)13-14-8-11(19-13)12(16)18-3/h8-10H,4-7H2,1-3H3. The second-order valence-corrected chi connectivity index (χ2v) is 5.77. The minimum atomic E-state index is -0.325. The Morgan fingerprint density at radius 3 is 2.89 bits per heavy atom. The van der Waals surface area contributed by atoms with Crippen molar-refractivity contribution in [2.75, 3.05) is 32.3 Å². The lowest BCUT2D eigenvalue weighted by Crippen LogP contribution is -2.37. The molecule has 1 saturated carbocycles. The summed E-state index contributed by atoms with van der Waals surface area (Å²) >= 11 is 1.38. The number of carbonyl (C=O) groups is 1. The SMILES string of the molecule is COCCN(c1ncc(C(=O)OC)s1)C(C)C1CC1. The van der Waals surface area contributed by atoms with Gasteiger partial charge in [-0.15, -0.1) is 0 Å². The molecule has 1 fully saturated rings. The Bertz CT molecular complexity index is 431. The lowest BCUT2D eigenvalue weighted by molar-refractivity contribution is 0.0606. The van der Waals surface area contributed by atoms with Crippen LogP contribution in [0.5, 0.6) is 0 Å². The molecule has 106 valence electrons. The highest BCUT2D eigenvalue weighted by molar-refractivity contribution is 7.17. The van der Waals surface area contributed by atoms with Crippen LogP contribution < -0.4 is 4.90 Å². The normalized spacial score (nSPS) is 16.2. The molecule has 0 aromatic carbocycles. The third-order valence-electron chi connectivity index (χ3n) is 3.46. The Labute approximate surface area is 117 Å². The summed E-state index contributed by atoms with van der Waals surface area (Å²) in [5.74, 6) is 0.414. The van der Waals surface area contributed by atoms with Crippen molar-refractivity contribution < 1.29 is 14.3 Å². The first-order valence-electron chi connectivity index (χ1n) is 6.47. The van der Waals surface area contributed by atoms with Gasteiger partial charge in [-0.3, -0.25) is 0 Å².